The SMILES string of the molecule is C=CCN(CCO)CC(=O)NC1CCN(C(C)C)CC1. The summed E-state index contributed by atoms with van der Waals surface area (Å²) >= 11 is 0. The number of aliphatic hydroxyl groups excluding tert-OH is 1. The first-order valence-electron chi connectivity index (χ1n) is 7.54. The Morgan fingerprint density at radius 1 is 1.50 bits per heavy atom. The van der Waals surface area contributed by atoms with E-state index in [0.717, 1.165) is 25.9 Å². The van der Waals surface area contributed by atoms with Crippen LogP contribution in [-0.2, 0) is 4.79 Å². The van der Waals surface area contributed by atoms with E-state index in [1.807, 2.05) is 4.90 Å². The third kappa shape index (κ3) is 6.03. The zero-order valence-corrected chi connectivity index (χ0v) is 12.8. The summed E-state index contributed by atoms with van der Waals surface area (Å²) < 4.78 is 0. The normalized spacial score (nSPS) is 17.6. The first-order valence-corrected chi connectivity index (χ1v) is 7.54. The van der Waals surface area contributed by atoms with Crippen molar-refractivity contribution in [3.8, 4) is 0 Å². The van der Waals surface area contributed by atoms with Gasteiger partial charge in [-0.1, -0.05) is 6.08 Å². The van der Waals surface area contributed by atoms with Crippen LogP contribution in [0.5, 0.6) is 0 Å². The number of aliphatic hydroxyl groups is 1. The smallest absolute Gasteiger partial charge is 0.234 e. The minimum Gasteiger partial charge on any atom is -0.395 e. The van der Waals surface area contributed by atoms with Crippen LogP contribution in [-0.4, -0.2) is 72.2 Å². The van der Waals surface area contributed by atoms with E-state index in [2.05, 4.69) is 30.6 Å². The van der Waals surface area contributed by atoms with E-state index in [9.17, 15) is 4.79 Å². The van der Waals surface area contributed by atoms with E-state index in [4.69, 9.17) is 5.11 Å². The van der Waals surface area contributed by atoms with Crippen LogP contribution in [0.4, 0.5) is 0 Å². The van der Waals surface area contributed by atoms with Crippen molar-refractivity contribution in [2.45, 2.75) is 38.8 Å². The van der Waals surface area contributed by atoms with E-state index < -0.39 is 0 Å². The minimum atomic E-state index is 0.0447. The molecule has 1 saturated heterocycles. The summed E-state index contributed by atoms with van der Waals surface area (Å²) in [5.74, 6) is 0.0447. The Bertz CT molecular complexity index is 299. The molecule has 1 fully saturated rings. The molecule has 0 bridgehead atoms. The molecule has 1 rings (SSSR count). The van der Waals surface area contributed by atoms with Gasteiger partial charge < -0.3 is 15.3 Å². The summed E-state index contributed by atoms with van der Waals surface area (Å²) in [5.41, 5.74) is 0. The highest BCUT2D eigenvalue weighted by atomic mass is 16.3. The summed E-state index contributed by atoms with van der Waals surface area (Å²) in [4.78, 5) is 16.3. The largest absolute Gasteiger partial charge is 0.395 e. The summed E-state index contributed by atoms with van der Waals surface area (Å²) in [6, 6.07) is 0.872. The molecule has 0 atom stereocenters. The first-order chi connectivity index (χ1) is 9.56. The lowest BCUT2D eigenvalue weighted by molar-refractivity contribution is -0.123. The van der Waals surface area contributed by atoms with Crippen LogP contribution in [0, 0.1) is 0 Å². The number of nitrogens with one attached hydrogen (secondary N) is 1. The zero-order valence-electron chi connectivity index (χ0n) is 12.8. The Morgan fingerprint density at radius 3 is 2.65 bits per heavy atom. The summed E-state index contributed by atoms with van der Waals surface area (Å²) in [6.45, 7) is 11.7. The van der Waals surface area contributed by atoms with Crippen molar-refractivity contribution in [2.75, 3.05) is 39.3 Å². The van der Waals surface area contributed by atoms with Gasteiger partial charge in [-0.05, 0) is 26.7 Å². The van der Waals surface area contributed by atoms with E-state index >= 15 is 0 Å². The molecule has 0 aromatic rings. The van der Waals surface area contributed by atoms with Crippen LogP contribution in [0.25, 0.3) is 0 Å². The van der Waals surface area contributed by atoms with Gasteiger partial charge in [-0.15, -0.1) is 6.58 Å². The van der Waals surface area contributed by atoms with Crippen LogP contribution >= 0.6 is 0 Å². The molecular formula is C15H29N3O2. The van der Waals surface area contributed by atoms with Crippen molar-refractivity contribution in [2.24, 2.45) is 0 Å². The van der Waals surface area contributed by atoms with Gasteiger partial charge in [-0.2, -0.15) is 0 Å². The Balaban J connectivity index is 2.30. The predicted octanol–water partition coefficient (Wildman–Crippen LogP) is 0.456. The summed E-state index contributed by atoms with van der Waals surface area (Å²) in [5, 5.41) is 12.1. The van der Waals surface area contributed by atoms with Gasteiger partial charge >= 0.3 is 0 Å². The molecule has 1 heterocycles. The van der Waals surface area contributed by atoms with Gasteiger partial charge in [0.15, 0.2) is 0 Å². The third-order valence-electron chi connectivity index (χ3n) is 3.80. The van der Waals surface area contributed by atoms with E-state index in [1.54, 1.807) is 6.08 Å². The third-order valence-corrected chi connectivity index (χ3v) is 3.80. The number of piperidine rings is 1. The number of rotatable bonds is 8. The molecule has 2 N–H and O–H groups in total. The molecule has 5 heteroatoms. The number of likely N-dealkylation sites (tertiary alicyclic amines) is 1. The maximum Gasteiger partial charge on any atom is 0.234 e. The predicted molar refractivity (Wildman–Crippen MR) is 81.6 cm³/mol. The van der Waals surface area contributed by atoms with Gasteiger partial charge in [0.1, 0.15) is 0 Å². The highest BCUT2D eigenvalue weighted by Crippen LogP contribution is 2.12. The first kappa shape index (κ1) is 17.1. The quantitative estimate of drug-likeness (QED) is 0.635. The van der Waals surface area contributed by atoms with E-state index in [-0.39, 0.29) is 18.6 Å². The second-order valence-corrected chi connectivity index (χ2v) is 5.72. The van der Waals surface area contributed by atoms with Gasteiger partial charge in [-0.3, -0.25) is 9.69 Å². The highest BCUT2D eigenvalue weighted by molar-refractivity contribution is 5.78. The molecule has 1 aliphatic heterocycles. The van der Waals surface area contributed by atoms with Crippen LogP contribution in [0.15, 0.2) is 12.7 Å². The zero-order chi connectivity index (χ0) is 15.0. The number of hydrogen-bond donors (Lipinski definition) is 2. The van der Waals surface area contributed by atoms with Crippen molar-refractivity contribution in [3.05, 3.63) is 12.7 Å². The molecule has 5 nitrogen and oxygen atoms in total. The fourth-order valence-corrected chi connectivity index (χ4v) is 2.60. The van der Waals surface area contributed by atoms with Crippen LogP contribution in [0.3, 0.4) is 0 Å². The van der Waals surface area contributed by atoms with Crippen molar-refractivity contribution in [1.29, 1.82) is 0 Å². The Labute approximate surface area is 122 Å². The number of nitrogens with zero attached hydrogens (tertiary/aromatic N) is 2. The molecule has 0 spiro atoms. The Hall–Kier alpha value is -0.910. The van der Waals surface area contributed by atoms with Gasteiger partial charge in [0.2, 0.25) is 5.91 Å². The molecular weight excluding hydrogens is 254 g/mol. The minimum absolute atomic E-state index is 0.0447. The Kier molecular flexibility index (Phi) is 7.80. The monoisotopic (exact) mass is 283 g/mol. The molecule has 0 aromatic heterocycles. The second-order valence-electron chi connectivity index (χ2n) is 5.72. The number of carbonyl (C=O) groups is 1. The molecule has 0 radical (unpaired) electrons. The van der Waals surface area contributed by atoms with Crippen molar-refractivity contribution in [3.63, 3.8) is 0 Å². The molecule has 116 valence electrons. The number of hydrogen-bond acceptors (Lipinski definition) is 4. The average molecular weight is 283 g/mol. The maximum absolute atomic E-state index is 12.0. The van der Waals surface area contributed by atoms with Gasteiger partial charge in [0.05, 0.1) is 13.2 Å². The van der Waals surface area contributed by atoms with Crippen molar-refractivity contribution < 1.29 is 9.90 Å². The fourth-order valence-electron chi connectivity index (χ4n) is 2.60. The standard InChI is InChI=1S/C15H29N3O2/c1-4-7-17(10-11-19)12-15(20)16-14-5-8-18(9-6-14)13(2)3/h4,13-14,19H,1,5-12H2,2-3H3,(H,16,20). The number of amides is 1. The lowest BCUT2D eigenvalue weighted by atomic mass is 10.0. The van der Waals surface area contributed by atoms with Crippen LogP contribution in [0.1, 0.15) is 26.7 Å². The molecule has 20 heavy (non-hydrogen) atoms. The number of carbonyl (C=O) groups excluding carboxylic acids is 1. The fraction of sp³-hybridized carbons (Fsp3) is 0.800. The molecule has 0 aromatic carbocycles. The highest BCUT2D eigenvalue weighted by Gasteiger charge is 2.22. The molecule has 0 aliphatic carbocycles. The van der Waals surface area contributed by atoms with Crippen LogP contribution in [0.2, 0.25) is 0 Å². The maximum atomic E-state index is 12.0. The summed E-state index contributed by atoms with van der Waals surface area (Å²) in [6.07, 6.45) is 3.79. The van der Waals surface area contributed by atoms with E-state index in [0.29, 0.717) is 25.7 Å². The second kappa shape index (κ2) is 9.10. The lowest BCUT2D eigenvalue weighted by Gasteiger charge is -2.35. The van der Waals surface area contributed by atoms with Gasteiger partial charge in [-0.25, -0.2) is 0 Å². The lowest BCUT2D eigenvalue weighted by Crippen LogP contribution is -2.49. The molecule has 1 amide bonds. The van der Waals surface area contributed by atoms with Gasteiger partial charge in [0, 0.05) is 38.3 Å². The van der Waals surface area contributed by atoms with Crippen LogP contribution < -0.4 is 5.32 Å². The molecule has 0 unspecified atom stereocenters. The average Bonchev–Trinajstić information content (AvgIpc) is 2.39. The van der Waals surface area contributed by atoms with Crippen molar-refractivity contribution >= 4 is 5.91 Å². The topological polar surface area (TPSA) is 55.8 Å². The molecule has 0 saturated carbocycles. The van der Waals surface area contributed by atoms with Gasteiger partial charge in [0.25, 0.3) is 0 Å². The summed E-state index contributed by atoms with van der Waals surface area (Å²) in [7, 11) is 0. The van der Waals surface area contributed by atoms with E-state index in [1.165, 1.54) is 0 Å². The Morgan fingerprint density at radius 2 is 2.15 bits per heavy atom. The molecule has 1 aliphatic rings. The van der Waals surface area contributed by atoms with Crippen molar-refractivity contribution in [1.82, 2.24) is 15.1 Å².